The average Bonchev–Trinajstić information content (AvgIpc) is 2.11. The van der Waals surface area contributed by atoms with Gasteiger partial charge in [-0.1, -0.05) is 25.4 Å². The number of amides is 1. The Hall–Kier alpha value is -1.09. The summed E-state index contributed by atoms with van der Waals surface area (Å²) in [5.41, 5.74) is 1.52. The number of rotatable bonds is 2. The number of carbonyl (C=O) groups excluding carboxylic acids is 1. The molecule has 14 heavy (non-hydrogen) atoms. The number of aryl methyl sites for hydroxylation is 1. The standard InChI is InChI=1S/C10H13ClN2O/c1-6(2)10(14)13-8-7(3)4-5-12-9(8)11/h4-6H,1-3H3,(H,13,14). The van der Waals surface area contributed by atoms with Gasteiger partial charge in [0.1, 0.15) is 0 Å². The van der Waals surface area contributed by atoms with Crippen molar-refractivity contribution >= 4 is 23.2 Å². The van der Waals surface area contributed by atoms with Crippen molar-refractivity contribution in [3.8, 4) is 0 Å². The highest BCUT2D eigenvalue weighted by atomic mass is 35.5. The van der Waals surface area contributed by atoms with E-state index in [4.69, 9.17) is 11.6 Å². The Bertz CT molecular complexity index is 330. The minimum atomic E-state index is -0.0642. The molecule has 0 bridgehead atoms. The summed E-state index contributed by atoms with van der Waals surface area (Å²) in [6.07, 6.45) is 1.61. The molecule has 0 radical (unpaired) electrons. The van der Waals surface area contributed by atoms with E-state index >= 15 is 0 Å². The summed E-state index contributed by atoms with van der Waals surface area (Å²) in [6, 6.07) is 1.81. The molecule has 1 amide bonds. The van der Waals surface area contributed by atoms with Gasteiger partial charge in [0, 0.05) is 12.1 Å². The van der Waals surface area contributed by atoms with Crippen molar-refractivity contribution in [2.75, 3.05) is 5.32 Å². The third-order valence-electron chi connectivity index (χ3n) is 1.89. The van der Waals surface area contributed by atoms with Gasteiger partial charge in [0.25, 0.3) is 0 Å². The lowest BCUT2D eigenvalue weighted by Gasteiger charge is -2.10. The van der Waals surface area contributed by atoms with Crippen LogP contribution in [0.4, 0.5) is 5.69 Å². The third kappa shape index (κ3) is 2.45. The highest BCUT2D eigenvalue weighted by molar-refractivity contribution is 6.32. The molecule has 1 aromatic rings. The third-order valence-corrected chi connectivity index (χ3v) is 2.17. The summed E-state index contributed by atoms with van der Waals surface area (Å²) in [5.74, 6) is -0.117. The van der Waals surface area contributed by atoms with Crippen LogP contribution in [-0.2, 0) is 4.79 Å². The molecule has 0 fully saturated rings. The van der Waals surface area contributed by atoms with Crippen molar-refractivity contribution in [2.24, 2.45) is 5.92 Å². The van der Waals surface area contributed by atoms with Crippen LogP contribution in [0.25, 0.3) is 0 Å². The summed E-state index contributed by atoms with van der Waals surface area (Å²) in [6.45, 7) is 5.54. The smallest absolute Gasteiger partial charge is 0.227 e. The Kier molecular flexibility index (Phi) is 3.47. The number of pyridine rings is 1. The molecule has 0 atom stereocenters. The number of hydrogen-bond donors (Lipinski definition) is 1. The number of hydrogen-bond acceptors (Lipinski definition) is 2. The van der Waals surface area contributed by atoms with Gasteiger partial charge in [-0.05, 0) is 18.6 Å². The van der Waals surface area contributed by atoms with Crippen LogP contribution in [0, 0.1) is 12.8 Å². The number of carbonyl (C=O) groups is 1. The summed E-state index contributed by atoms with van der Waals surface area (Å²) >= 11 is 5.85. The molecule has 1 rings (SSSR count). The maximum atomic E-state index is 11.4. The number of nitrogens with one attached hydrogen (secondary N) is 1. The molecule has 1 N–H and O–H groups in total. The highest BCUT2D eigenvalue weighted by Gasteiger charge is 2.11. The second-order valence-electron chi connectivity index (χ2n) is 3.44. The normalized spacial score (nSPS) is 10.4. The molecule has 0 unspecified atom stereocenters. The van der Waals surface area contributed by atoms with Gasteiger partial charge in [-0.25, -0.2) is 4.98 Å². The van der Waals surface area contributed by atoms with E-state index in [1.807, 2.05) is 26.8 Å². The van der Waals surface area contributed by atoms with Gasteiger partial charge in [0.2, 0.25) is 5.91 Å². The van der Waals surface area contributed by atoms with E-state index in [0.29, 0.717) is 10.8 Å². The fourth-order valence-electron chi connectivity index (χ4n) is 0.943. The van der Waals surface area contributed by atoms with Gasteiger partial charge in [-0.15, -0.1) is 0 Å². The van der Waals surface area contributed by atoms with Crippen molar-refractivity contribution in [3.05, 3.63) is 23.0 Å². The molecule has 1 aromatic heterocycles. The van der Waals surface area contributed by atoms with Crippen LogP contribution in [0.5, 0.6) is 0 Å². The molecule has 0 aliphatic carbocycles. The fraction of sp³-hybridized carbons (Fsp3) is 0.400. The summed E-state index contributed by atoms with van der Waals surface area (Å²) < 4.78 is 0. The molecule has 0 aliphatic rings. The molecule has 3 nitrogen and oxygen atoms in total. The van der Waals surface area contributed by atoms with Gasteiger partial charge < -0.3 is 5.32 Å². The lowest BCUT2D eigenvalue weighted by atomic mass is 10.2. The number of anilines is 1. The first-order chi connectivity index (χ1) is 6.52. The number of halogens is 1. The zero-order valence-electron chi connectivity index (χ0n) is 8.47. The van der Waals surface area contributed by atoms with E-state index in [9.17, 15) is 4.79 Å². The molecule has 0 spiro atoms. The molecule has 4 heteroatoms. The molecule has 1 heterocycles. The molecule has 76 valence electrons. The first-order valence-electron chi connectivity index (χ1n) is 4.44. The SMILES string of the molecule is Cc1ccnc(Cl)c1NC(=O)C(C)C. The predicted octanol–water partition coefficient (Wildman–Crippen LogP) is 2.64. The maximum absolute atomic E-state index is 11.4. The lowest BCUT2D eigenvalue weighted by molar-refractivity contribution is -0.118. The van der Waals surface area contributed by atoms with Crippen molar-refractivity contribution in [1.82, 2.24) is 4.98 Å². The zero-order chi connectivity index (χ0) is 10.7. The van der Waals surface area contributed by atoms with E-state index in [2.05, 4.69) is 10.3 Å². The molecule has 0 aromatic carbocycles. The Balaban J connectivity index is 2.91. The highest BCUT2D eigenvalue weighted by Crippen LogP contribution is 2.23. The van der Waals surface area contributed by atoms with E-state index in [0.717, 1.165) is 5.56 Å². The van der Waals surface area contributed by atoms with Crippen LogP contribution in [0.1, 0.15) is 19.4 Å². The summed E-state index contributed by atoms with van der Waals surface area (Å²) in [5, 5.41) is 3.08. The topological polar surface area (TPSA) is 42.0 Å². The van der Waals surface area contributed by atoms with Crippen LogP contribution < -0.4 is 5.32 Å². The molecular formula is C10H13ClN2O. The van der Waals surface area contributed by atoms with Gasteiger partial charge in [-0.2, -0.15) is 0 Å². The Morgan fingerprint density at radius 2 is 2.21 bits per heavy atom. The van der Waals surface area contributed by atoms with Gasteiger partial charge in [0.15, 0.2) is 5.15 Å². The van der Waals surface area contributed by atoms with Crippen molar-refractivity contribution in [3.63, 3.8) is 0 Å². The second-order valence-corrected chi connectivity index (χ2v) is 3.80. The monoisotopic (exact) mass is 212 g/mol. The van der Waals surface area contributed by atoms with Crippen LogP contribution in [0.15, 0.2) is 12.3 Å². The molecule has 0 saturated carbocycles. The van der Waals surface area contributed by atoms with E-state index in [1.165, 1.54) is 0 Å². The second kappa shape index (κ2) is 4.42. The van der Waals surface area contributed by atoms with E-state index in [-0.39, 0.29) is 11.8 Å². The zero-order valence-corrected chi connectivity index (χ0v) is 9.22. The molecule has 0 saturated heterocycles. The Morgan fingerprint density at radius 3 is 2.71 bits per heavy atom. The van der Waals surface area contributed by atoms with E-state index < -0.39 is 0 Å². The van der Waals surface area contributed by atoms with Crippen LogP contribution in [0.3, 0.4) is 0 Å². The number of aromatic nitrogens is 1. The quantitative estimate of drug-likeness (QED) is 0.766. The summed E-state index contributed by atoms with van der Waals surface area (Å²) in [4.78, 5) is 15.3. The summed E-state index contributed by atoms with van der Waals surface area (Å²) in [7, 11) is 0. The average molecular weight is 213 g/mol. The Labute approximate surface area is 88.5 Å². The van der Waals surface area contributed by atoms with Crippen LogP contribution >= 0.6 is 11.6 Å². The maximum Gasteiger partial charge on any atom is 0.227 e. The van der Waals surface area contributed by atoms with Crippen LogP contribution in [-0.4, -0.2) is 10.9 Å². The minimum absolute atomic E-state index is 0.0528. The van der Waals surface area contributed by atoms with Gasteiger partial charge in [-0.3, -0.25) is 4.79 Å². The van der Waals surface area contributed by atoms with Gasteiger partial charge in [0.05, 0.1) is 5.69 Å². The lowest BCUT2D eigenvalue weighted by Crippen LogP contribution is -2.18. The molecular weight excluding hydrogens is 200 g/mol. The first kappa shape index (κ1) is 11.0. The van der Waals surface area contributed by atoms with Crippen molar-refractivity contribution < 1.29 is 4.79 Å². The minimum Gasteiger partial charge on any atom is -0.323 e. The number of nitrogens with zero attached hydrogens (tertiary/aromatic N) is 1. The Morgan fingerprint density at radius 1 is 1.57 bits per heavy atom. The van der Waals surface area contributed by atoms with Crippen molar-refractivity contribution in [2.45, 2.75) is 20.8 Å². The van der Waals surface area contributed by atoms with Crippen molar-refractivity contribution in [1.29, 1.82) is 0 Å². The molecule has 0 aliphatic heterocycles. The fourth-order valence-corrected chi connectivity index (χ4v) is 1.20. The van der Waals surface area contributed by atoms with E-state index in [1.54, 1.807) is 6.20 Å². The largest absolute Gasteiger partial charge is 0.323 e. The first-order valence-corrected chi connectivity index (χ1v) is 4.82. The van der Waals surface area contributed by atoms with Crippen LogP contribution in [0.2, 0.25) is 5.15 Å². The predicted molar refractivity (Wildman–Crippen MR) is 57.5 cm³/mol. The van der Waals surface area contributed by atoms with Gasteiger partial charge >= 0.3 is 0 Å².